The van der Waals surface area contributed by atoms with E-state index in [9.17, 15) is 0 Å². The van der Waals surface area contributed by atoms with E-state index in [2.05, 4.69) is 241 Å². The van der Waals surface area contributed by atoms with Crippen molar-refractivity contribution in [3.63, 3.8) is 0 Å². The lowest BCUT2D eigenvalue weighted by atomic mass is 9.70. The molecule has 0 atom stereocenters. The number of fused-ring (bicyclic) bond motifs is 16. The second kappa shape index (κ2) is 13.5. The largest absolute Gasteiger partial charge is 0.310 e. The highest BCUT2D eigenvalue weighted by Gasteiger charge is 2.51. The molecule has 0 saturated carbocycles. The van der Waals surface area contributed by atoms with E-state index in [-0.39, 0.29) is 0 Å². The van der Waals surface area contributed by atoms with Gasteiger partial charge in [0.2, 0.25) is 0 Å². The van der Waals surface area contributed by atoms with Crippen LogP contribution in [0, 0.1) is 0 Å². The molecular weight excluding hydrogens is 747 g/mol. The highest BCUT2D eigenvalue weighted by atomic mass is 15.1. The molecule has 0 N–H and O–H groups in total. The summed E-state index contributed by atoms with van der Waals surface area (Å²) < 4.78 is 0. The fourth-order valence-corrected chi connectivity index (χ4v) is 11.1. The Labute approximate surface area is 361 Å². The van der Waals surface area contributed by atoms with E-state index in [0.29, 0.717) is 0 Å². The van der Waals surface area contributed by atoms with Gasteiger partial charge in [0.15, 0.2) is 0 Å². The predicted octanol–water partition coefficient (Wildman–Crippen LogP) is 16.3. The first kappa shape index (κ1) is 34.8. The third kappa shape index (κ3) is 4.91. The quantitative estimate of drug-likeness (QED) is 0.157. The summed E-state index contributed by atoms with van der Waals surface area (Å²) in [5.74, 6) is 0. The minimum atomic E-state index is -0.417. The van der Waals surface area contributed by atoms with Crippen molar-refractivity contribution in [2.45, 2.75) is 5.41 Å². The van der Waals surface area contributed by atoms with Crippen molar-refractivity contribution in [3.8, 4) is 44.5 Å². The second-order valence-electron chi connectivity index (χ2n) is 16.7. The number of benzene rings is 11. The van der Waals surface area contributed by atoms with Gasteiger partial charge >= 0.3 is 0 Å². The van der Waals surface area contributed by atoms with Gasteiger partial charge in [-0.2, -0.15) is 0 Å². The number of nitrogens with zero attached hydrogens (tertiary/aromatic N) is 1. The average molecular weight is 786 g/mol. The van der Waals surface area contributed by atoms with Crippen LogP contribution in [0.2, 0.25) is 0 Å². The van der Waals surface area contributed by atoms with Crippen LogP contribution in [-0.4, -0.2) is 0 Å². The zero-order chi connectivity index (χ0) is 40.8. The van der Waals surface area contributed by atoms with Crippen molar-refractivity contribution < 1.29 is 0 Å². The number of rotatable bonds is 5. The van der Waals surface area contributed by atoms with E-state index in [4.69, 9.17) is 0 Å². The van der Waals surface area contributed by atoms with Crippen LogP contribution >= 0.6 is 0 Å². The molecule has 0 bridgehead atoms. The first-order valence-electron chi connectivity index (χ1n) is 21.6. The van der Waals surface area contributed by atoms with Crippen LogP contribution < -0.4 is 4.90 Å². The molecule has 1 nitrogen and oxygen atoms in total. The van der Waals surface area contributed by atoms with E-state index in [0.717, 1.165) is 17.1 Å². The van der Waals surface area contributed by atoms with Crippen LogP contribution in [0.4, 0.5) is 17.1 Å². The normalized spacial score (nSPS) is 13.0. The van der Waals surface area contributed by atoms with Crippen molar-refractivity contribution >= 4 is 49.4 Å². The van der Waals surface area contributed by atoms with Gasteiger partial charge in [-0.15, -0.1) is 0 Å². The maximum atomic E-state index is 2.50. The molecule has 0 amide bonds. The van der Waals surface area contributed by atoms with Crippen LogP contribution in [0.25, 0.3) is 76.8 Å². The Balaban J connectivity index is 1.05. The number of anilines is 3. The molecule has 1 heteroatoms. The van der Waals surface area contributed by atoms with Gasteiger partial charge < -0.3 is 4.90 Å². The van der Waals surface area contributed by atoms with Crippen LogP contribution in [0.1, 0.15) is 22.3 Å². The smallest absolute Gasteiger partial charge is 0.0725 e. The molecule has 288 valence electrons. The van der Waals surface area contributed by atoms with E-state index >= 15 is 0 Å². The van der Waals surface area contributed by atoms with Crippen molar-refractivity contribution in [2.24, 2.45) is 0 Å². The molecule has 1 spiro atoms. The lowest BCUT2D eigenvalue weighted by Gasteiger charge is -2.31. The first-order valence-corrected chi connectivity index (χ1v) is 21.6. The lowest BCUT2D eigenvalue weighted by Crippen LogP contribution is -2.25. The minimum Gasteiger partial charge on any atom is -0.310 e. The summed E-state index contributed by atoms with van der Waals surface area (Å²) in [7, 11) is 0. The molecule has 62 heavy (non-hydrogen) atoms. The third-order valence-electron chi connectivity index (χ3n) is 13.7. The van der Waals surface area contributed by atoms with E-state index in [1.165, 1.54) is 99.1 Å². The van der Waals surface area contributed by atoms with Crippen molar-refractivity contribution in [3.05, 3.63) is 259 Å². The van der Waals surface area contributed by atoms with Crippen molar-refractivity contribution in [2.75, 3.05) is 4.90 Å². The standard InChI is InChI=1S/C61H39N/c1-2-16-40(17-3-1)41-30-33-43(34-31-41)62(44-35-37-50-48-21-5-4-19-46(48)47-20-6-7-22-49(47)55(50)39-44)60-29-15-11-18-45(60)42-32-36-54-53-25-10-14-28-58(53)61(59(54)38-42)56-26-12-8-23-51(56)52-24-9-13-27-57(52)61/h1-39H. The molecule has 0 aliphatic heterocycles. The Hall–Kier alpha value is -8.00. The van der Waals surface area contributed by atoms with Gasteiger partial charge in [-0.1, -0.05) is 200 Å². The van der Waals surface area contributed by atoms with E-state index < -0.39 is 5.41 Å². The van der Waals surface area contributed by atoms with Gasteiger partial charge in [0.1, 0.15) is 0 Å². The van der Waals surface area contributed by atoms with Crippen molar-refractivity contribution in [1.82, 2.24) is 0 Å². The molecule has 0 aromatic heterocycles. The summed E-state index contributed by atoms with van der Waals surface area (Å²) in [6, 6.07) is 87.8. The molecule has 0 radical (unpaired) electrons. The van der Waals surface area contributed by atoms with Gasteiger partial charge in [-0.05, 0) is 130 Å². The predicted molar refractivity (Wildman–Crippen MR) is 261 cm³/mol. The molecular formula is C61H39N. The molecule has 0 heterocycles. The summed E-state index contributed by atoms with van der Waals surface area (Å²) in [6.45, 7) is 0. The molecule has 0 saturated heterocycles. The van der Waals surface area contributed by atoms with Gasteiger partial charge in [0.05, 0.1) is 11.1 Å². The Morgan fingerprint density at radius 2 is 0.661 bits per heavy atom. The average Bonchev–Trinajstić information content (AvgIpc) is 3.82. The fourth-order valence-electron chi connectivity index (χ4n) is 11.1. The molecule has 0 fully saturated rings. The van der Waals surface area contributed by atoms with Gasteiger partial charge in [-0.25, -0.2) is 0 Å². The van der Waals surface area contributed by atoms with Crippen molar-refractivity contribution in [1.29, 1.82) is 0 Å². The molecule has 2 aliphatic rings. The van der Waals surface area contributed by atoms with Crippen LogP contribution in [-0.2, 0) is 5.41 Å². The maximum absolute atomic E-state index is 2.50. The topological polar surface area (TPSA) is 3.24 Å². The molecule has 13 rings (SSSR count). The Bertz CT molecular complexity index is 3480. The highest BCUT2D eigenvalue weighted by molar-refractivity contribution is 6.25. The zero-order valence-electron chi connectivity index (χ0n) is 34.0. The Morgan fingerprint density at radius 3 is 1.26 bits per heavy atom. The summed E-state index contributed by atoms with van der Waals surface area (Å²) in [4.78, 5) is 2.46. The van der Waals surface area contributed by atoms with E-state index in [1.54, 1.807) is 0 Å². The summed E-state index contributed by atoms with van der Waals surface area (Å²) in [5, 5.41) is 7.60. The van der Waals surface area contributed by atoms with Crippen LogP contribution in [0.5, 0.6) is 0 Å². The maximum Gasteiger partial charge on any atom is 0.0725 e. The summed E-state index contributed by atoms with van der Waals surface area (Å²) in [5.41, 5.74) is 18.3. The fraction of sp³-hybridized carbons (Fsp3) is 0.0164. The molecule has 11 aromatic carbocycles. The van der Waals surface area contributed by atoms with E-state index in [1.807, 2.05) is 0 Å². The Morgan fingerprint density at radius 1 is 0.242 bits per heavy atom. The summed E-state index contributed by atoms with van der Waals surface area (Å²) >= 11 is 0. The molecule has 0 unspecified atom stereocenters. The zero-order valence-corrected chi connectivity index (χ0v) is 34.0. The summed E-state index contributed by atoms with van der Waals surface area (Å²) in [6.07, 6.45) is 0. The monoisotopic (exact) mass is 785 g/mol. The third-order valence-corrected chi connectivity index (χ3v) is 13.7. The van der Waals surface area contributed by atoms with Gasteiger partial charge in [0.25, 0.3) is 0 Å². The second-order valence-corrected chi connectivity index (χ2v) is 16.7. The lowest BCUT2D eigenvalue weighted by molar-refractivity contribution is 0.794. The minimum absolute atomic E-state index is 0.417. The first-order chi connectivity index (χ1) is 30.8. The number of hydrogen-bond donors (Lipinski definition) is 0. The molecule has 2 aliphatic carbocycles. The number of para-hydroxylation sites is 1. The highest BCUT2D eigenvalue weighted by Crippen LogP contribution is 2.63. The van der Waals surface area contributed by atoms with Crippen LogP contribution in [0.3, 0.4) is 0 Å². The van der Waals surface area contributed by atoms with Crippen LogP contribution in [0.15, 0.2) is 237 Å². The molecule has 11 aromatic rings. The SMILES string of the molecule is c1ccc(-c2ccc(N(c3ccc4c5ccccc5c5ccccc5c4c3)c3ccccc3-c3ccc4c(c3)C3(c5ccccc5-c5ccccc53)c3ccccc3-4)cc2)cc1. The van der Waals surface area contributed by atoms with Gasteiger partial charge in [0, 0.05) is 16.9 Å². The Kier molecular flexibility index (Phi) is 7.59. The van der Waals surface area contributed by atoms with Gasteiger partial charge in [-0.3, -0.25) is 0 Å². The number of hydrogen-bond acceptors (Lipinski definition) is 1.